The van der Waals surface area contributed by atoms with Crippen molar-refractivity contribution >= 4 is 22.6 Å². The molecular weight excluding hydrogens is 350 g/mol. The van der Waals surface area contributed by atoms with E-state index in [-0.39, 0.29) is 5.91 Å². The van der Waals surface area contributed by atoms with Gasteiger partial charge in [-0.25, -0.2) is 4.98 Å². The van der Waals surface area contributed by atoms with Gasteiger partial charge in [0, 0.05) is 49.3 Å². The van der Waals surface area contributed by atoms with Crippen LogP contribution < -0.4 is 10.2 Å². The van der Waals surface area contributed by atoms with Crippen molar-refractivity contribution in [2.24, 2.45) is 0 Å². The van der Waals surface area contributed by atoms with Crippen LogP contribution in [0.25, 0.3) is 22.2 Å². The van der Waals surface area contributed by atoms with E-state index < -0.39 is 0 Å². The van der Waals surface area contributed by atoms with E-state index >= 15 is 0 Å². The molecular formula is C22H21N5O. The number of nitrogens with one attached hydrogen (secondary N) is 2. The van der Waals surface area contributed by atoms with Gasteiger partial charge in [-0.15, -0.1) is 0 Å². The molecule has 0 atom stereocenters. The molecule has 4 rings (SSSR count). The molecule has 6 heteroatoms. The van der Waals surface area contributed by atoms with Gasteiger partial charge in [-0.3, -0.25) is 9.78 Å². The molecule has 6 nitrogen and oxygen atoms in total. The highest BCUT2D eigenvalue weighted by Crippen LogP contribution is 2.22. The second-order valence-electron chi connectivity index (χ2n) is 6.80. The van der Waals surface area contributed by atoms with Crippen LogP contribution in [0, 0.1) is 0 Å². The minimum absolute atomic E-state index is 0.173. The summed E-state index contributed by atoms with van der Waals surface area (Å²) in [7, 11) is 4.01. The van der Waals surface area contributed by atoms with Gasteiger partial charge < -0.3 is 15.2 Å². The zero-order chi connectivity index (χ0) is 19.5. The zero-order valence-electron chi connectivity index (χ0n) is 15.8. The molecule has 3 heterocycles. The number of pyridine rings is 2. The number of carbonyl (C=O) groups is 1. The van der Waals surface area contributed by atoms with Gasteiger partial charge in [-0.1, -0.05) is 12.1 Å². The summed E-state index contributed by atoms with van der Waals surface area (Å²) in [5, 5.41) is 3.96. The standard InChI is InChI=1S/C22H21N5O/c1-27(2)20-7-4-15(5-8-20)17-11-18(13-23-12-17)22(28)25-14-19-6-3-16-9-10-24-21(16)26-19/h3-13H,14H2,1-2H3,(H,24,26)(H,25,28). The molecule has 28 heavy (non-hydrogen) atoms. The van der Waals surface area contributed by atoms with E-state index in [2.05, 4.69) is 20.3 Å². The van der Waals surface area contributed by atoms with Crippen molar-refractivity contribution in [1.29, 1.82) is 0 Å². The topological polar surface area (TPSA) is 73.9 Å². The second kappa shape index (κ2) is 7.52. The van der Waals surface area contributed by atoms with Gasteiger partial charge in [0.05, 0.1) is 17.8 Å². The van der Waals surface area contributed by atoms with Gasteiger partial charge in [-0.05, 0) is 42.0 Å². The summed E-state index contributed by atoms with van der Waals surface area (Å²) in [6.45, 7) is 0.357. The Balaban J connectivity index is 1.47. The van der Waals surface area contributed by atoms with E-state index in [4.69, 9.17) is 0 Å². The van der Waals surface area contributed by atoms with Crippen LogP contribution in [0.3, 0.4) is 0 Å². The molecule has 0 spiro atoms. The first-order valence-electron chi connectivity index (χ1n) is 9.04. The number of hydrogen-bond donors (Lipinski definition) is 2. The number of anilines is 1. The Labute approximate surface area is 163 Å². The van der Waals surface area contributed by atoms with Crippen LogP contribution >= 0.6 is 0 Å². The van der Waals surface area contributed by atoms with Crippen molar-refractivity contribution in [2.75, 3.05) is 19.0 Å². The van der Waals surface area contributed by atoms with Crippen molar-refractivity contribution < 1.29 is 4.79 Å². The molecule has 0 saturated carbocycles. The van der Waals surface area contributed by atoms with E-state index in [1.54, 1.807) is 12.4 Å². The Bertz CT molecular complexity index is 1120. The van der Waals surface area contributed by atoms with E-state index in [1.807, 2.05) is 73.7 Å². The highest BCUT2D eigenvalue weighted by Gasteiger charge is 2.09. The van der Waals surface area contributed by atoms with Crippen LogP contribution in [-0.2, 0) is 6.54 Å². The summed E-state index contributed by atoms with van der Waals surface area (Å²) in [5.41, 5.74) is 5.19. The lowest BCUT2D eigenvalue weighted by molar-refractivity contribution is 0.0950. The molecule has 0 aliphatic rings. The average Bonchev–Trinajstić information content (AvgIpc) is 3.20. The Kier molecular flexibility index (Phi) is 4.76. The van der Waals surface area contributed by atoms with Crippen LogP contribution in [0.4, 0.5) is 5.69 Å². The van der Waals surface area contributed by atoms with Crippen molar-refractivity contribution in [3.8, 4) is 11.1 Å². The number of benzene rings is 1. The maximum absolute atomic E-state index is 12.6. The minimum atomic E-state index is -0.173. The molecule has 0 aliphatic carbocycles. The molecule has 1 aromatic carbocycles. The van der Waals surface area contributed by atoms with Gasteiger partial charge in [0.1, 0.15) is 5.65 Å². The number of amides is 1. The SMILES string of the molecule is CN(C)c1ccc(-c2cncc(C(=O)NCc3ccc4cc[nH]c4n3)c2)cc1. The summed E-state index contributed by atoms with van der Waals surface area (Å²) in [5.74, 6) is -0.173. The predicted octanol–water partition coefficient (Wildman–Crippen LogP) is 3.62. The number of rotatable bonds is 5. The Morgan fingerprint density at radius 1 is 1.04 bits per heavy atom. The van der Waals surface area contributed by atoms with Crippen LogP contribution in [-0.4, -0.2) is 35.0 Å². The molecule has 140 valence electrons. The molecule has 2 N–H and O–H groups in total. The summed E-state index contributed by atoms with van der Waals surface area (Å²) in [6.07, 6.45) is 5.19. The number of H-pyrrole nitrogens is 1. The third-order valence-electron chi connectivity index (χ3n) is 4.61. The first-order chi connectivity index (χ1) is 13.6. The van der Waals surface area contributed by atoms with Gasteiger partial charge in [-0.2, -0.15) is 0 Å². The Morgan fingerprint density at radius 3 is 2.64 bits per heavy atom. The molecule has 0 saturated heterocycles. The number of carbonyl (C=O) groups excluding carboxylic acids is 1. The van der Waals surface area contributed by atoms with Crippen molar-refractivity contribution in [2.45, 2.75) is 6.54 Å². The van der Waals surface area contributed by atoms with E-state index in [0.29, 0.717) is 12.1 Å². The first kappa shape index (κ1) is 17.7. The fraction of sp³-hybridized carbons (Fsp3) is 0.136. The number of aromatic nitrogens is 3. The van der Waals surface area contributed by atoms with Crippen LogP contribution in [0.1, 0.15) is 16.1 Å². The molecule has 0 radical (unpaired) electrons. The molecule has 4 aromatic rings. The highest BCUT2D eigenvalue weighted by molar-refractivity contribution is 5.95. The smallest absolute Gasteiger partial charge is 0.253 e. The first-order valence-corrected chi connectivity index (χ1v) is 9.04. The van der Waals surface area contributed by atoms with Gasteiger partial charge in [0.15, 0.2) is 0 Å². The fourth-order valence-electron chi connectivity index (χ4n) is 3.02. The molecule has 0 aliphatic heterocycles. The fourth-order valence-corrected chi connectivity index (χ4v) is 3.02. The number of aromatic amines is 1. The quantitative estimate of drug-likeness (QED) is 0.562. The van der Waals surface area contributed by atoms with E-state index in [1.165, 1.54) is 0 Å². The Morgan fingerprint density at radius 2 is 1.86 bits per heavy atom. The van der Waals surface area contributed by atoms with E-state index in [9.17, 15) is 4.79 Å². The van der Waals surface area contributed by atoms with E-state index in [0.717, 1.165) is 33.5 Å². The number of fused-ring (bicyclic) bond motifs is 1. The van der Waals surface area contributed by atoms with Crippen LogP contribution in [0.15, 0.2) is 67.1 Å². The van der Waals surface area contributed by atoms with Gasteiger partial charge >= 0.3 is 0 Å². The van der Waals surface area contributed by atoms with Crippen molar-refractivity contribution in [3.05, 3.63) is 78.4 Å². The van der Waals surface area contributed by atoms with Crippen LogP contribution in [0.2, 0.25) is 0 Å². The minimum Gasteiger partial charge on any atom is -0.378 e. The predicted molar refractivity (Wildman–Crippen MR) is 111 cm³/mol. The summed E-state index contributed by atoms with van der Waals surface area (Å²) in [4.78, 5) is 26.4. The molecule has 0 unspecified atom stereocenters. The lowest BCUT2D eigenvalue weighted by atomic mass is 10.1. The third kappa shape index (κ3) is 3.71. The number of hydrogen-bond acceptors (Lipinski definition) is 4. The zero-order valence-corrected chi connectivity index (χ0v) is 15.8. The van der Waals surface area contributed by atoms with Gasteiger partial charge in [0.2, 0.25) is 0 Å². The largest absolute Gasteiger partial charge is 0.378 e. The molecule has 0 fully saturated rings. The maximum atomic E-state index is 12.6. The summed E-state index contributed by atoms with van der Waals surface area (Å²) >= 11 is 0. The monoisotopic (exact) mass is 371 g/mol. The summed E-state index contributed by atoms with van der Waals surface area (Å²) in [6, 6.07) is 15.9. The lowest BCUT2D eigenvalue weighted by Gasteiger charge is -2.13. The highest BCUT2D eigenvalue weighted by atomic mass is 16.1. The maximum Gasteiger partial charge on any atom is 0.253 e. The molecule has 1 amide bonds. The average molecular weight is 371 g/mol. The summed E-state index contributed by atoms with van der Waals surface area (Å²) < 4.78 is 0. The van der Waals surface area contributed by atoms with Crippen molar-refractivity contribution in [3.63, 3.8) is 0 Å². The second-order valence-corrected chi connectivity index (χ2v) is 6.80. The molecule has 0 bridgehead atoms. The molecule has 3 aromatic heterocycles. The van der Waals surface area contributed by atoms with Gasteiger partial charge in [0.25, 0.3) is 5.91 Å². The Hall–Kier alpha value is -3.67. The van der Waals surface area contributed by atoms with Crippen molar-refractivity contribution in [1.82, 2.24) is 20.3 Å². The van der Waals surface area contributed by atoms with Crippen LogP contribution in [0.5, 0.6) is 0 Å². The normalized spacial score (nSPS) is 10.8. The third-order valence-corrected chi connectivity index (χ3v) is 4.61. The number of nitrogens with zero attached hydrogens (tertiary/aromatic N) is 3. The lowest BCUT2D eigenvalue weighted by Crippen LogP contribution is -2.23.